The molecule has 0 aliphatic carbocycles. The van der Waals surface area contributed by atoms with Gasteiger partial charge < -0.3 is 24.8 Å². The molecule has 0 aromatic heterocycles. The normalized spacial score (nSPS) is 15.3. The zero-order chi connectivity index (χ0) is 20.7. The second-order valence-electron chi connectivity index (χ2n) is 7.17. The maximum atomic E-state index is 5.92. The van der Waals surface area contributed by atoms with Crippen LogP contribution in [0.15, 0.2) is 23.2 Å². The quantitative estimate of drug-likeness (QED) is 0.315. The first kappa shape index (κ1) is 23.4. The average molecular weight is 407 g/mol. The van der Waals surface area contributed by atoms with E-state index in [1.165, 1.54) is 12.0 Å². The fourth-order valence-corrected chi connectivity index (χ4v) is 3.19. The molecule has 7 nitrogen and oxygen atoms in total. The molecule has 0 spiro atoms. The van der Waals surface area contributed by atoms with E-state index in [-0.39, 0.29) is 0 Å². The Labute approximate surface area is 175 Å². The van der Waals surface area contributed by atoms with Crippen LogP contribution < -0.4 is 15.4 Å². The Bertz CT molecular complexity index is 604. The molecule has 1 saturated heterocycles. The van der Waals surface area contributed by atoms with Crippen molar-refractivity contribution in [2.24, 2.45) is 4.99 Å². The third-order valence-corrected chi connectivity index (χ3v) is 4.88. The molecule has 0 saturated carbocycles. The van der Waals surface area contributed by atoms with E-state index in [1.807, 2.05) is 6.92 Å². The van der Waals surface area contributed by atoms with Crippen molar-refractivity contribution >= 4 is 5.96 Å². The summed E-state index contributed by atoms with van der Waals surface area (Å²) in [6.07, 6.45) is 2.30. The zero-order valence-corrected chi connectivity index (χ0v) is 18.3. The van der Waals surface area contributed by atoms with E-state index >= 15 is 0 Å². The molecular formula is C22H38N4O3. The Kier molecular flexibility index (Phi) is 11.5. The van der Waals surface area contributed by atoms with Crippen LogP contribution in [0.5, 0.6) is 5.75 Å². The van der Waals surface area contributed by atoms with E-state index in [0.717, 1.165) is 63.1 Å². The summed E-state index contributed by atoms with van der Waals surface area (Å²) in [6, 6.07) is 6.28. The fraction of sp³-hybridized carbons (Fsp3) is 0.682. The number of nitrogens with one attached hydrogen (secondary N) is 2. The van der Waals surface area contributed by atoms with Crippen LogP contribution in [0.3, 0.4) is 0 Å². The summed E-state index contributed by atoms with van der Waals surface area (Å²) in [4.78, 5) is 6.80. The van der Waals surface area contributed by atoms with Gasteiger partial charge in [-0.15, -0.1) is 0 Å². The van der Waals surface area contributed by atoms with Gasteiger partial charge in [-0.3, -0.25) is 9.89 Å². The summed E-state index contributed by atoms with van der Waals surface area (Å²) in [5.74, 6) is 1.72. The number of benzene rings is 1. The Morgan fingerprint density at radius 3 is 2.76 bits per heavy atom. The highest BCUT2D eigenvalue weighted by Gasteiger charge is 2.09. The smallest absolute Gasteiger partial charge is 0.191 e. The molecule has 0 radical (unpaired) electrons. The molecule has 1 fully saturated rings. The molecule has 0 atom stereocenters. The summed E-state index contributed by atoms with van der Waals surface area (Å²) >= 11 is 0. The van der Waals surface area contributed by atoms with Crippen LogP contribution in [-0.4, -0.2) is 77.1 Å². The lowest BCUT2D eigenvalue weighted by Gasteiger charge is -2.26. The fourth-order valence-electron chi connectivity index (χ4n) is 3.19. The Balaban J connectivity index is 1.69. The molecule has 1 aliphatic heterocycles. The number of hydrogen-bond acceptors (Lipinski definition) is 5. The molecule has 7 heteroatoms. The summed E-state index contributed by atoms with van der Waals surface area (Å²) in [6.45, 7) is 12.5. The number of hydrogen-bond donors (Lipinski definition) is 2. The number of nitrogens with zero attached hydrogens (tertiary/aromatic N) is 2. The number of unbranched alkanes of at least 4 members (excludes halogenated alkanes) is 1. The largest absolute Gasteiger partial charge is 0.491 e. The van der Waals surface area contributed by atoms with Gasteiger partial charge in [0.25, 0.3) is 0 Å². The molecule has 1 aromatic carbocycles. The highest BCUT2D eigenvalue weighted by Crippen LogP contribution is 2.20. The molecule has 164 valence electrons. The first-order valence-electron chi connectivity index (χ1n) is 10.8. The van der Waals surface area contributed by atoms with E-state index in [9.17, 15) is 0 Å². The van der Waals surface area contributed by atoms with Crippen molar-refractivity contribution in [1.29, 1.82) is 0 Å². The third kappa shape index (κ3) is 9.47. The van der Waals surface area contributed by atoms with Gasteiger partial charge in [-0.1, -0.05) is 12.1 Å². The average Bonchev–Trinajstić information content (AvgIpc) is 2.75. The lowest BCUT2D eigenvalue weighted by atomic mass is 10.1. The minimum Gasteiger partial charge on any atom is -0.491 e. The predicted octanol–water partition coefficient (Wildman–Crippen LogP) is 2.19. The first-order valence-corrected chi connectivity index (χ1v) is 10.8. The second kappa shape index (κ2) is 14.2. The van der Waals surface area contributed by atoms with Crippen LogP contribution in [-0.2, 0) is 16.0 Å². The monoisotopic (exact) mass is 406 g/mol. The topological polar surface area (TPSA) is 67.4 Å². The molecule has 1 aromatic rings. The first-order chi connectivity index (χ1) is 14.2. The van der Waals surface area contributed by atoms with E-state index in [1.54, 1.807) is 7.05 Å². The SMILES string of the molecule is CCOCCOc1cc(C)ccc1CNC(=NC)NCCCCN1CCOCC1. The summed E-state index contributed by atoms with van der Waals surface area (Å²) in [5, 5.41) is 6.79. The standard InChI is InChI=1S/C22H38N4O3/c1-4-27-15-16-29-21-17-19(2)7-8-20(21)18-25-22(23-3)24-9-5-6-10-26-11-13-28-14-12-26/h7-8,17H,4-6,9-16,18H2,1-3H3,(H2,23,24,25). The number of morpholine rings is 1. The van der Waals surface area contributed by atoms with Gasteiger partial charge >= 0.3 is 0 Å². The maximum absolute atomic E-state index is 5.92. The minimum atomic E-state index is 0.556. The van der Waals surface area contributed by atoms with Gasteiger partial charge in [-0.2, -0.15) is 0 Å². The molecule has 1 aliphatic rings. The van der Waals surface area contributed by atoms with Gasteiger partial charge in [0, 0.05) is 45.4 Å². The second-order valence-corrected chi connectivity index (χ2v) is 7.17. The molecular weight excluding hydrogens is 368 g/mol. The van der Waals surface area contributed by atoms with Gasteiger partial charge in [-0.05, 0) is 44.9 Å². The van der Waals surface area contributed by atoms with Crippen LogP contribution in [0.4, 0.5) is 0 Å². The lowest BCUT2D eigenvalue weighted by molar-refractivity contribution is 0.0372. The number of aryl methyl sites for hydroxylation is 1. The summed E-state index contributed by atoms with van der Waals surface area (Å²) in [7, 11) is 1.80. The highest BCUT2D eigenvalue weighted by molar-refractivity contribution is 5.79. The summed E-state index contributed by atoms with van der Waals surface area (Å²) in [5.41, 5.74) is 2.30. The zero-order valence-electron chi connectivity index (χ0n) is 18.3. The van der Waals surface area contributed by atoms with E-state index in [0.29, 0.717) is 26.4 Å². The van der Waals surface area contributed by atoms with Crippen LogP contribution in [0.2, 0.25) is 0 Å². The number of guanidine groups is 1. The number of aliphatic imine (C=N–C) groups is 1. The molecule has 1 heterocycles. The van der Waals surface area contributed by atoms with Crippen molar-refractivity contribution in [1.82, 2.24) is 15.5 Å². The molecule has 0 amide bonds. The third-order valence-electron chi connectivity index (χ3n) is 4.88. The van der Waals surface area contributed by atoms with Gasteiger partial charge in [0.15, 0.2) is 5.96 Å². The van der Waals surface area contributed by atoms with Gasteiger partial charge in [0.05, 0.1) is 19.8 Å². The van der Waals surface area contributed by atoms with Crippen molar-refractivity contribution < 1.29 is 14.2 Å². The number of ether oxygens (including phenoxy) is 3. The molecule has 0 unspecified atom stereocenters. The van der Waals surface area contributed by atoms with Crippen molar-refractivity contribution in [2.45, 2.75) is 33.2 Å². The lowest BCUT2D eigenvalue weighted by Crippen LogP contribution is -2.38. The highest BCUT2D eigenvalue weighted by atomic mass is 16.5. The van der Waals surface area contributed by atoms with Crippen LogP contribution in [0.25, 0.3) is 0 Å². The molecule has 2 N–H and O–H groups in total. The van der Waals surface area contributed by atoms with Crippen LogP contribution in [0.1, 0.15) is 30.9 Å². The van der Waals surface area contributed by atoms with Crippen molar-refractivity contribution in [2.75, 3.05) is 66.3 Å². The Hall–Kier alpha value is -1.83. The minimum absolute atomic E-state index is 0.556. The predicted molar refractivity (Wildman–Crippen MR) is 118 cm³/mol. The maximum Gasteiger partial charge on any atom is 0.191 e. The van der Waals surface area contributed by atoms with Gasteiger partial charge in [0.1, 0.15) is 12.4 Å². The van der Waals surface area contributed by atoms with Crippen molar-refractivity contribution in [3.63, 3.8) is 0 Å². The van der Waals surface area contributed by atoms with Crippen molar-refractivity contribution in [3.05, 3.63) is 29.3 Å². The van der Waals surface area contributed by atoms with Gasteiger partial charge in [-0.25, -0.2) is 0 Å². The van der Waals surface area contributed by atoms with Crippen LogP contribution >= 0.6 is 0 Å². The van der Waals surface area contributed by atoms with E-state index < -0.39 is 0 Å². The molecule has 29 heavy (non-hydrogen) atoms. The number of rotatable bonds is 12. The van der Waals surface area contributed by atoms with E-state index in [4.69, 9.17) is 14.2 Å². The van der Waals surface area contributed by atoms with Crippen molar-refractivity contribution in [3.8, 4) is 5.75 Å². The summed E-state index contributed by atoms with van der Waals surface area (Å²) < 4.78 is 16.7. The molecule has 0 bridgehead atoms. The Morgan fingerprint density at radius 1 is 1.17 bits per heavy atom. The Morgan fingerprint density at radius 2 is 2.00 bits per heavy atom. The van der Waals surface area contributed by atoms with Crippen LogP contribution in [0, 0.1) is 6.92 Å². The van der Waals surface area contributed by atoms with E-state index in [2.05, 4.69) is 45.6 Å². The van der Waals surface area contributed by atoms with Gasteiger partial charge in [0.2, 0.25) is 0 Å². The molecule has 2 rings (SSSR count).